The standard InChI is InChI=1S/C16H19NO3S/c1-13-7-9-14(10-8-13)21(18,19)17-11-3-2-5-15(17)16-6-4-12-20-16/h4,6-10,12,15H,2-3,5,11H2,1H3/t15-/m0/s1. The maximum atomic E-state index is 12.9. The predicted octanol–water partition coefficient (Wildman–Crippen LogP) is 3.50. The third-order valence-corrected chi connectivity index (χ3v) is 5.88. The van der Waals surface area contributed by atoms with Gasteiger partial charge in [0.15, 0.2) is 0 Å². The zero-order chi connectivity index (χ0) is 14.9. The Hall–Kier alpha value is -1.59. The van der Waals surface area contributed by atoms with Gasteiger partial charge in [-0.05, 0) is 44.0 Å². The second-order valence-electron chi connectivity index (χ2n) is 5.46. The monoisotopic (exact) mass is 305 g/mol. The van der Waals surface area contributed by atoms with E-state index in [1.54, 1.807) is 28.8 Å². The van der Waals surface area contributed by atoms with E-state index in [4.69, 9.17) is 4.42 Å². The average molecular weight is 305 g/mol. The molecule has 0 N–H and O–H groups in total. The molecule has 2 heterocycles. The second-order valence-corrected chi connectivity index (χ2v) is 7.35. The molecule has 1 atom stereocenters. The first-order valence-corrected chi connectivity index (χ1v) is 8.65. The molecule has 0 radical (unpaired) electrons. The van der Waals surface area contributed by atoms with Crippen molar-refractivity contribution in [2.45, 2.75) is 37.1 Å². The van der Waals surface area contributed by atoms with E-state index in [0.717, 1.165) is 30.6 Å². The van der Waals surface area contributed by atoms with Crippen LogP contribution < -0.4 is 0 Å². The lowest BCUT2D eigenvalue weighted by molar-refractivity contribution is 0.225. The van der Waals surface area contributed by atoms with Crippen molar-refractivity contribution >= 4 is 10.0 Å². The molecule has 0 unspecified atom stereocenters. The first kappa shape index (κ1) is 14.4. The Morgan fingerprint density at radius 1 is 1.14 bits per heavy atom. The smallest absolute Gasteiger partial charge is 0.243 e. The van der Waals surface area contributed by atoms with E-state index in [0.29, 0.717) is 11.4 Å². The number of hydrogen-bond donors (Lipinski definition) is 0. The quantitative estimate of drug-likeness (QED) is 0.872. The maximum Gasteiger partial charge on any atom is 0.243 e. The molecule has 1 aromatic carbocycles. The van der Waals surface area contributed by atoms with Gasteiger partial charge in [0.1, 0.15) is 5.76 Å². The Balaban J connectivity index is 1.97. The van der Waals surface area contributed by atoms with Gasteiger partial charge in [0.05, 0.1) is 17.2 Å². The molecule has 21 heavy (non-hydrogen) atoms. The maximum absolute atomic E-state index is 12.9. The average Bonchev–Trinajstić information content (AvgIpc) is 3.02. The van der Waals surface area contributed by atoms with Gasteiger partial charge < -0.3 is 4.42 Å². The Morgan fingerprint density at radius 2 is 1.90 bits per heavy atom. The van der Waals surface area contributed by atoms with Crippen LogP contribution in [0.1, 0.15) is 36.6 Å². The minimum Gasteiger partial charge on any atom is -0.468 e. The first-order chi connectivity index (χ1) is 10.1. The molecule has 0 bridgehead atoms. The lowest BCUT2D eigenvalue weighted by Crippen LogP contribution is -2.38. The summed E-state index contributed by atoms with van der Waals surface area (Å²) in [6, 6.07) is 10.5. The molecular weight excluding hydrogens is 286 g/mol. The van der Waals surface area contributed by atoms with Crippen molar-refractivity contribution in [3.63, 3.8) is 0 Å². The topological polar surface area (TPSA) is 50.5 Å². The minimum absolute atomic E-state index is 0.194. The summed E-state index contributed by atoms with van der Waals surface area (Å²) in [6.45, 7) is 2.49. The van der Waals surface area contributed by atoms with Crippen LogP contribution in [0.4, 0.5) is 0 Å². The number of sulfonamides is 1. The van der Waals surface area contributed by atoms with Crippen LogP contribution in [0, 0.1) is 6.92 Å². The van der Waals surface area contributed by atoms with Crippen LogP contribution in [0.3, 0.4) is 0 Å². The van der Waals surface area contributed by atoms with Gasteiger partial charge in [-0.1, -0.05) is 24.1 Å². The fourth-order valence-corrected chi connectivity index (χ4v) is 4.47. The molecule has 2 aromatic rings. The summed E-state index contributed by atoms with van der Waals surface area (Å²) < 4.78 is 32.8. The number of piperidine rings is 1. The highest BCUT2D eigenvalue weighted by atomic mass is 32.2. The molecule has 0 saturated carbocycles. The fraction of sp³-hybridized carbons (Fsp3) is 0.375. The van der Waals surface area contributed by atoms with Gasteiger partial charge >= 0.3 is 0 Å². The Morgan fingerprint density at radius 3 is 2.57 bits per heavy atom. The van der Waals surface area contributed by atoms with E-state index in [2.05, 4.69) is 0 Å². The Bertz CT molecular complexity index is 690. The molecule has 3 rings (SSSR count). The van der Waals surface area contributed by atoms with Gasteiger partial charge in [-0.25, -0.2) is 8.42 Å². The number of furan rings is 1. The molecule has 1 aliphatic heterocycles. The van der Waals surface area contributed by atoms with Gasteiger partial charge in [-0.15, -0.1) is 0 Å². The summed E-state index contributed by atoms with van der Waals surface area (Å²) in [4.78, 5) is 0.353. The van der Waals surface area contributed by atoms with Crippen molar-refractivity contribution in [1.82, 2.24) is 4.31 Å². The van der Waals surface area contributed by atoms with Gasteiger partial charge in [-0.3, -0.25) is 0 Å². The summed E-state index contributed by atoms with van der Waals surface area (Å²) in [7, 11) is -3.48. The molecular formula is C16H19NO3S. The summed E-state index contributed by atoms with van der Waals surface area (Å²) in [6.07, 6.45) is 4.31. The number of rotatable bonds is 3. The van der Waals surface area contributed by atoms with E-state index in [1.807, 2.05) is 25.1 Å². The SMILES string of the molecule is Cc1ccc(S(=O)(=O)N2CCCC[C@H]2c2ccco2)cc1. The van der Waals surface area contributed by atoms with E-state index in [1.165, 1.54) is 0 Å². The normalized spacial score (nSPS) is 20.5. The van der Waals surface area contributed by atoms with Crippen molar-refractivity contribution in [2.24, 2.45) is 0 Å². The second kappa shape index (κ2) is 5.66. The number of nitrogens with zero attached hydrogens (tertiary/aromatic N) is 1. The minimum atomic E-state index is -3.48. The molecule has 0 spiro atoms. The van der Waals surface area contributed by atoms with Crippen LogP contribution in [-0.2, 0) is 10.0 Å². The van der Waals surface area contributed by atoms with Gasteiger partial charge in [0, 0.05) is 6.54 Å². The van der Waals surface area contributed by atoms with E-state index < -0.39 is 10.0 Å². The number of aryl methyl sites for hydroxylation is 1. The summed E-state index contributed by atoms with van der Waals surface area (Å²) in [5, 5.41) is 0. The summed E-state index contributed by atoms with van der Waals surface area (Å²) in [5.41, 5.74) is 1.05. The number of benzene rings is 1. The summed E-state index contributed by atoms with van der Waals surface area (Å²) >= 11 is 0. The number of hydrogen-bond acceptors (Lipinski definition) is 3. The van der Waals surface area contributed by atoms with Crippen molar-refractivity contribution < 1.29 is 12.8 Å². The van der Waals surface area contributed by atoms with Crippen LogP contribution in [0.15, 0.2) is 52.0 Å². The van der Waals surface area contributed by atoms with E-state index >= 15 is 0 Å². The highest BCUT2D eigenvalue weighted by Crippen LogP contribution is 2.35. The molecule has 1 saturated heterocycles. The van der Waals surface area contributed by atoms with Gasteiger partial charge in [-0.2, -0.15) is 4.31 Å². The highest BCUT2D eigenvalue weighted by molar-refractivity contribution is 7.89. The largest absolute Gasteiger partial charge is 0.468 e. The van der Waals surface area contributed by atoms with Gasteiger partial charge in [0.25, 0.3) is 0 Å². The lowest BCUT2D eigenvalue weighted by atomic mass is 10.0. The zero-order valence-electron chi connectivity index (χ0n) is 12.0. The van der Waals surface area contributed by atoms with Crippen LogP contribution in [0.5, 0.6) is 0 Å². The van der Waals surface area contributed by atoms with Gasteiger partial charge in [0.2, 0.25) is 10.0 Å². The molecule has 112 valence electrons. The molecule has 4 nitrogen and oxygen atoms in total. The van der Waals surface area contributed by atoms with Crippen LogP contribution in [0.2, 0.25) is 0 Å². The van der Waals surface area contributed by atoms with Crippen LogP contribution in [-0.4, -0.2) is 19.3 Å². The van der Waals surface area contributed by atoms with Crippen LogP contribution >= 0.6 is 0 Å². The fourth-order valence-electron chi connectivity index (χ4n) is 2.80. The predicted molar refractivity (Wildman–Crippen MR) is 80.4 cm³/mol. The van der Waals surface area contributed by atoms with Crippen molar-refractivity contribution in [3.8, 4) is 0 Å². The first-order valence-electron chi connectivity index (χ1n) is 7.21. The molecule has 1 fully saturated rings. The van der Waals surface area contributed by atoms with Crippen molar-refractivity contribution in [2.75, 3.05) is 6.54 Å². The van der Waals surface area contributed by atoms with Crippen LogP contribution in [0.25, 0.3) is 0 Å². The third kappa shape index (κ3) is 2.76. The van der Waals surface area contributed by atoms with E-state index in [9.17, 15) is 8.42 Å². The summed E-state index contributed by atoms with van der Waals surface area (Å²) in [5.74, 6) is 0.727. The molecule has 0 amide bonds. The molecule has 5 heteroatoms. The molecule has 1 aliphatic rings. The van der Waals surface area contributed by atoms with E-state index in [-0.39, 0.29) is 6.04 Å². The molecule has 0 aliphatic carbocycles. The Labute approximate surface area is 125 Å². The molecule has 1 aromatic heterocycles. The van der Waals surface area contributed by atoms with Crippen molar-refractivity contribution in [3.05, 3.63) is 54.0 Å². The highest BCUT2D eigenvalue weighted by Gasteiger charge is 2.35. The zero-order valence-corrected chi connectivity index (χ0v) is 12.8. The Kier molecular flexibility index (Phi) is 3.87. The third-order valence-electron chi connectivity index (χ3n) is 3.95. The lowest BCUT2D eigenvalue weighted by Gasteiger charge is -2.33. The van der Waals surface area contributed by atoms with Crippen molar-refractivity contribution in [1.29, 1.82) is 0 Å².